The highest BCUT2D eigenvalue weighted by Gasteiger charge is 2.62. The number of hydrazine groups is 1. The molecule has 2 atom stereocenters. The van der Waals surface area contributed by atoms with Crippen molar-refractivity contribution in [3.63, 3.8) is 0 Å². The fourth-order valence-electron chi connectivity index (χ4n) is 3.16. The zero-order valence-electron chi connectivity index (χ0n) is 11.9. The van der Waals surface area contributed by atoms with Gasteiger partial charge in [-0.1, -0.05) is 12.1 Å². The summed E-state index contributed by atoms with van der Waals surface area (Å²) in [6.45, 7) is 2.61. The third kappa shape index (κ3) is 2.04. The average Bonchev–Trinajstić information content (AvgIpc) is 2.89. The number of hydrogen-bond donors (Lipinski definition) is 0. The maximum absolute atomic E-state index is 13.8. The summed E-state index contributed by atoms with van der Waals surface area (Å²) >= 11 is 0. The normalized spacial score (nSPS) is 30.0. The van der Waals surface area contributed by atoms with Crippen molar-refractivity contribution >= 4 is 5.91 Å². The van der Waals surface area contributed by atoms with E-state index < -0.39 is 17.2 Å². The molecule has 3 nitrogen and oxygen atoms in total. The van der Waals surface area contributed by atoms with Crippen LogP contribution in [0.3, 0.4) is 0 Å². The van der Waals surface area contributed by atoms with E-state index in [9.17, 15) is 18.0 Å². The summed E-state index contributed by atoms with van der Waals surface area (Å²) in [5.41, 5.74) is -1.08. The van der Waals surface area contributed by atoms with Gasteiger partial charge in [-0.3, -0.25) is 9.80 Å². The van der Waals surface area contributed by atoms with Gasteiger partial charge >= 0.3 is 0 Å². The molecule has 2 aliphatic rings. The number of fused-ring (bicyclic) bond motifs is 1. The van der Waals surface area contributed by atoms with E-state index in [-0.39, 0.29) is 18.4 Å². The topological polar surface area (TPSA) is 23.6 Å². The van der Waals surface area contributed by atoms with Gasteiger partial charge in [-0.05, 0) is 31.0 Å². The Morgan fingerprint density at radius 1 is 1.38 bits per heavy atom. The molecular weight excluding hydrogens is 281 g/mol. The number of rotatable bonds is 2. The third-order valence-electron chi connectivity index (χ3n) is 4.64. The summed E-state index contributed by atoms with van der Waals surface area (Å²) in [6.07, 6.45) is 0.626. The Balaban J connectivity index is 1.95. The first-order chi connectivity index (χ1) is 9.74. The lowest BCUT2D eigenvalue weighted by Crippen LogP contribution is -2.45. The van der Waals surface area contributed by atoms with Crippen LogP contribution >= 0.6 is 0 Å². The summed E-state index contributed by atoms with van der Waals surface area (Å²) in [4.78, 5) is 12.5. The number of nitrogens with zero attached hydrogens (tertiary/aromatic N) is 2. The van der Waals surface area contributed by atoms with E-state index in [1.807, 2.05) is 0 Å². The van der Waals surface area contributed by atoms with Crippen LogP contribution in [0.1, 0.15) is 31.9 Å². The van der Waals surface area contributed by atoms with Crippen molar-refractivity contribution < 1.29 is 18.0 Å². The molecule has 3 rings (SSSR count). The minimum absolute atomic E-state index is 0.00114. The molecule has 1 aromatic rings. The van der Waals surface area contributed by atoms with Crippen molar-refractivity contribution in [2.45, 2.75) is 32.2 Å². The molecule has 114 valence electrons. The quantitative estimate of drug-likeness (QED) is 0.838. The summed E-state index contributed by atoms with van der Waals surface area (Å²) in [7, 11) is 0. The van der Waals surface area contributed by atoms with Gasteiger partial charge in [0, 0.05) is 20.0 Å². The molecule has 21 heavy (non-hydrogen) atoms. The molecule has 0 N–H and O–H groups in total. The fourth-order valence-corrected chi connectivity index (χ4v) is 3.16. The van der Waals surface area contributed by atoms with Crippen molar-refractivity contribution in [2.75, 3.05) is 13.1 Å². The van der Waals surface area contributed by atoms with E-state index in [0.717, 1.165) is 6.92 Å². The van der Waals surface area contributed by atoms with Crippen molar-refractivity contribution in [1.29, 1.82) is 0 Å². The minimum atomic E-state index is -3.10. The molecule has 0 saturated carbocycles. The van der Waals surface area contributed by atoms with Gasteiger partial charge < -0.3 is 0 Å². The zero-order valence-corrected chi connectivity index (χ0v) is 11.9. The smallest absolute Gasteiger partial charge is 0.260 e. The first-order valence-electron chi connectivity index (χ1n) is 6.96. The standard InChI is InChI=1S/C15H17F3N2O/c1-14(15(2,17)18)9-19-7-6-12(20(19)13(14)21)10-4-3-5-11(16)8-10/h3-5,8,12H,6-7,9H2,1-2H3/t12-,14?/m1/s1. The first kappa shape index (κ1) is 14.4. The second-order valence-electron chi connectivity index (χ2n) is 6.12. The highest BCUT2D eigenvalue weighted by Crippen LogP contribution is 2.48. The molecule has 0 aliphatic carbocycles. The molecule has 0 radical (unpaired) electrons. The first-order valence-corrected chi connectivity index (χ1v) is 6.96. The molecule has 6 heteroatoms. The Hall–Kier alpha value is -1.56. The summed E-state index contributed by atoms with van der Waals surface area (Å²) in [5, 5.41) is 3.06. The minimum Gasteiger partial charge on any atom is -0.272 e. The molecule has 2 saturated heterocycles. The molecule has 0 spiro atoms. The van der Waals surface area contributed by atoms with E-state index >= 15 is 0 Å². The van der Waals surface area contributed by atoms with Crippen molar-refractivity contribution in [3.8, 4) is 0 Å². The van der Waals surface area contributed by atoms with E-state index in [1.165, 1.54) is 24.1 Å². The van der Waals surface area contributed by atoms with Gasteiger partial charge in [-0.15, -0.1) is 0 Å². The van der Waals surface area contributed by atoms with Gasteiger partial charge in [0.2, 0.25) is 0 Å². The van der Waals surface area contributed by atoms with Crippen molar-refractivity contribution in [2.24, 2.45) is 5.41 Å². The van der Waals surface area contributed by atoms with Gasteiger partial charge in [0.15, 0.2) is 0 Å². The molecule has 2 aliphatic heterocycles. The molecule has 1 unspecified atom stereocenters. The van der Waals surface area contributed by atoms with E-state index in [2.05, 4.69) is 0 Å². The molecule has 2 fully saturated rings. The number of alkyl halides is 2. The second-order valence-corrected chi connectivity index (χ2v) is 6.12. The van der Waals surface area contributed by atoms with Crippen LogP contribution in [0.25, 0.3) is 0 Å². The van der Waals surface area contributed by atoms with Crippen LogP contribution in [0, 0.1) is 11.2 Å². The summed E-state index contributed by atoms with van der Waals surface area (Å²) in [5.74, 6) is -4.07. The predicted molar refractivity (Wildman–Crippen MR) is 70.9 cm³/mol. The molecule has 1 amide bonds. The van der Waals surface area contributed by atoms with Gasteiger partial charge in [-0.25, -0.2) is 18.2 Å². The van der Waals surface area contributed by atoms with E-state index in [0.29, 0.717) is 18.5 Å². The average molecular weight is 298 g/mol. The van der Waals surface area contributed by atoms with Crippen LogP contribution in [0.15, 0.2) is 24.3 Å². The maximum Gasteiger partial charge on any atom is 0.260 e. The van der Waals surface area contributed by atoms with Crippen molar-refractivity contribution in [1.82, 2.24) is 10.0 Å². The van der Waals surface area contributed by atoms with Crippen molar-refractivity contribution in [3.05, 3.63) is 35.6 Å². The van der Waals surface area contributed by atoms with E-state index in [1.54, 1.807) is 17.1 Å². The van der Waals surface area contributed by atoms with Crippen LogP contribution in [0.5, 0.6) is 0 Å². The lowest BCUT2D eigenvalue weighted by atomic mass is 9.83. The van der Waals surface area contributed by atoms with Crippen LogP contribution in [0.4, 0.5) is 13.2 Å². The van der Waals surface area contributed by atoms with Gasteiger partial charge in [0.05, 0.1) is 6.04 Å². The molecule has 0 bridgehead atoms. The fraction of sp³-hybridized carbons (Fsp3) is 0.533. The number of halogens is 3. The monoisotopic (exact) mass is 298 g/mol. The summed E-state index contributed by atoms with van der Waals surface area (Å²) < 4.78 is 41.0. The Morgan fingerprint density at radius 2 is 2.10 bits per heavy atom. The Kier molecular flexibility index (Phi) is 3.06. The number of carbonyl (C=O) groups is 1. The lowest BCUT2D eigenvalue weighted by molar-refractivity contribution is -0.156. The van der Waals surface area contributed by atoms with Crippen LogP contribution in [-0.4, -0.2) is 34.9 Å². The number of amides is 1. The third-order valence-corrected chi connectivity index (χ3v) is 4.64. The summed E-state index contributed by atoms with van der Waals surface area (Å²) in [6, 6.07) is 5.62. The predicted octanol–water partition coefficient (Wildman–Crippen LogP) is 2.99. The van der Waals surface area contributed by atoms with Gasteiger partial charge in [0.1, 0.15) is 11.2 Å². The van der Waals surface area contributed by atoms with Crippen LogP contribution < -0.4 is 0 Å². The van der Waals surface area contributed by atoms with Gasteiger partial charge in [-0.2, -0.15) is 0 Å². The Morgan fingerprint density at radius 3 is 2.71 bits per heavy atom. The largest absolute Gasteiger partial charge is 0.272 e. The molecule has 0 aromatic heterocycles. The lowest BCUT2D eigenvalue weighted by Gasteiger charge is -2.30. The van der Waals surface area contributed by atoms with Crippen LogP contribution in [0.2, 0.25) is 0 Å². The maximum atomic E-state index is 13.8. The van der Waals surface area contributed by atoms with E-state index in [4.69, 9.17) is 0 Å². The van der Waals surface area contributed by atoms with Gasteiger partial charge in [0.25, 0.3) is 11.8 Å². The Bertz CT molecular complexity index is 587. The second kappa shape index (κ2) is 4.47. The highest BCUT2D eigenvalue weighted by molar-refractivity contribution is 5.86. The number of hydrogen-bond acceptors (Lipinski definition) is 2. The van der Waals surface area contributed by atoms with Crippen LogP contribution in [-0.2, 0) is 4.79 Å². The highest BCUT2D eigenvalue weighted by atomic mass is 19.3. The molecular formula is C15H17F3N2O. The number of carbonyl (C=O) groups excluding carboxylic acids is 1. The Labute approximate surface area is 121 Å². The number of benzene rings is 1. The zero-order chi connectivity index (χ0) is 15.4. The SMILES string of the molecule is CC(F)(F)C1(C)CN2CC[C@H](c3cccc(F)c3)N2C1=O. The molecule has 2 heterocycles. The molecule has 1 aromatic carbocycles.